The lowest BCUT2D eigenvalue weighted by molar-refractivity contribution is 0.102. The lowest BCUT2D eigenvalue weighted by atomic mass is 10.1. The van der Waals surface area contributed by atoms with E-state index in [4.69, 9.17) is 0 Å². The number of thiophene rings is 1. The van der Waals surface area contributed by atoms with Crippen LogP contribution in [0.15, 0.2) is 24.3 Å². The summed E-state index contributed by atoms with van der Waals surface area (Å²) >= 11 is 1.66. The minimum atomic E-state index is -0.0192. The predicted octanol–water partition coefficient (Wildman–Crippen LogP) is 4.07. The molecule has 2 heterocycles. The number of amides is 1. The van der Waals surface area contributed by atoms with Gasteiger partial charge in [0.1, 0.15) is 0 Å². The lowest BCUT2D eigenvalue weighted by Crippen LogP contribution is -2.46. The molecule has 1 aliphatic rings. The Balaban J connectivity index is 1.70. The van der Waals surface area contributed by atoms with Gasteiger partial charge in [-0.2, -0.15) is 0 Å². The zero-order chi connectivity index (χ0) is 18.0. The molecular weight excluding hydrogens is 330 g/mol. The van der Waals surface area contributed by atoms with Crippen LogP contribution in [0.4, 0.5) is 11.4 Å². The van der Waals surface area contributed by atoms with Crippen molar-refractivity contribution in [3.63, 3.8) is 0 Å². The Hall–Kier alpha value is -1.85. The molecule has 1 saturated heterocycles. The number of anilines is 2. The molecule has 1 fully saturated rings. The van der Waals surface area contributed by atoms with E-state index in [1.54, 1.807) is 11.3 Å². The van der Waals surface area contributed by atoms with Gasteiger partial charge in [-0.05, 0) is 57.1 Å². The van der Waals surface area contributed by atoms with Crippen LogP contribution in [0.5, 0.6) is 0 Å². The number of nitrogens with one attached hydrogen (secondary N) is 1. The van der Waals surface area contributed by atoms with Gasteiger partial charge < -0.3 is 15.1 Å². The van der Waals surface area contributed by atoms with Crippen molar-refractivity contribution in [3.05, 3.63) is 45.1 Å². The van der Waals surface area contributed by atoms with E-state index in [9.17, 15) is 4.79 Å². The quantitative estimate of drug-likeness (QED) is 0.896. The number of piperazine rings is 1. The third kappa shape index (κ3) is 4.05. The standard InChI is InChI=1S/C20H27N3OS/c1-5-22-8-10-23(11-9-22)17-6-7-19(14(2)12-17)21-20(24)18-13-15(3)25-16(18)4/h6-7,12-13H,5,8-11H2,1-4H3,(H,21,24). The van der Waals surface area contributed by atoms with Crippen LogP contribution in [0.25, 0.3) is 0 Å². The highest BCUT2D eigenvalue weighted by Crippen LogP contribution is 2.26. The van der Waals surface area contributed by atoms with Crippen LogP contribution in [0.3, 0.4) is 0 Å². The number of carbonyl (C=O) groups excluding carboxylic acids is 1. The van der Waals surface area contributed by atoms with Crippen molar-refractivity contribution in [2.75, 3.05) is 42.9 Å². The number of likely N-dealkylation sites (N-methyl/N-ethyl adjacent to an activating group) is 1. The smallest absolute Gasteiger partial charge is 0.256 e. The highest BCUT2D eigenvalue weighted by atomic mass is 32.1. The van der Waals surface area contributed by atoms with Crippen LogP contribution in [0, 0.1) is 20.8 Å². The summed E-state index contributed by atoms with van der Waals surface area (Å²) < 4.78 is 0. The third-order valence-electron chi connectivity index (χ3n) is 4.93. The van der Waals surface area contributed by atoms with Gasteiger partial charge in [-0.1, -0.05) is 6.92 Å². The topological polar surface area (TPSA) is 35.6 Å². The molecule has 1 N–H and O–H groups in total. The first-order valence-corrected chi connectivity index (χ1v) is 9.76. The fraction of sp³-hybridized carbons (Fsp3) is 0.450. The highest BCUT2D eigenvalue weighted by molar-refractivity contribution is 7.12. The van der Waals surface area contributed by atoms with E-state index >= 15 is 0 Å². The molecule has 0 unspecified atom stereocenters. The molecule has 134 valence electrons. The van der Waals surface area contributed by atoms with E-state index in [-0.39, 0.29) is 5.91 Å². The number of aryl methyl sites for hydroxylation is 3. The van der Waals surface area contributed by atoms with Crippen molar-refractivity contribution < 1.29 is 4.79 Å². The third-order valence-corrected chi connectivity index (χ3v) is 5.89. The molecule has 1 amide bonds. The molecule has 4 nitrogen and oxygen atoms in total. The van der Waals surface area contributed by atoms with Gasteiger partial charge in [0.05, 0.1) is 5.56 Å². The number of benzene rings is 1. The Bertz CT molecular complexity index is 760. The molecule has 1 aromatic carbocycles. The molecule has 0 radical (unpaired) electrons. The number of hydrogen-bond donors (Lipinski definition) is 1. The van der Waals surface area contributed by atoms with E-state index in [1.165, 1.54) is 10.6 Å². The Kier molecular flexibility index (Phi) is 5.45. The van der Waals surface area contributed by atoms with Gasteiger partial charge in [0, 0.05) is 47.3 Å². The van der Waals surface area contributed by atoms with Crippen molar-refractivity contribution in [2.45, 2.75) is 27.7 Å². The van der Waals surface area contributed by atoms with Gasteiger partial charge in [-0.3, -0.25) is 4.79 Å². The molecule has 0 aliphatic carbocycles. The average molecular weight is 358 g/mol. The molecule has 5 heteroatoms. The zero-order valence-corrected chi connectivity index (χ0v) is 16.4. The van der Waals surface area contributed by atoms with Gasteiger partial charge >= 0.3 is 0 Å². The van der Waals surface area contributed by atoms with E-state index in [1.807, 2.05) is 26.0 Å². The Morgan fingerprint density at radius 3 is 2.40 bits per heavy atom. The van der Waals surface area contributed by atoms with E-state index in [0.29, 0.717) is 0 Å². The maximum Gasteiger partial charge on any atom is 0.256 e. The Morgan fingerprint density at radius 1 is 1.12 bits per heavy atom. The summed E-state index contributed by atoms with van der Waals surface area (Å²) in [6.07, 6.45) is 0. The lowest BCUT2D eigenvalue weighted by Gasteiger charge is -2.35. The van der Waals surface area contributed by atoms with Crippen LogP contribution >= 0.6 is 11.3 Å². The molecule has 1 aromatic heterocycles. The molecular formula is C20H27N3OS. The van der Waals surface area contributed by atoms with E-state index < -0.39 is 0 Å². The molecule has 0 atom stereocenters. The second-order valence-corrected chi connectivity index (χ2v) is 8.16. The average Bonchev–Trinajstić information content (AvgIpc) is 2.95. The summed E-state index contributed by atoms with van der Waals surface area (Å²) in [7, 11) is 0. The molecule has 25 heavy (non-hydrogen) atoms. The summed E-state index contributed by atoms with van der Waals surface area (Å²) in [5.41, 5.74) is 4.02. The molecule has 3 rings (SSSR count). The van der Waals surface area contributed by atoms with E-state index in [2.05, 4.69) is 41.1 Å². The second kappa shape index (κ2) is 7.58. The SMILES string of the molecule is CCN1CCN(c2ccc(NC(=O)c3cc(C)sc3C)c(C)c2)CC1. The van der Waals surface area contributed by atoms with Crippen LogP contribution < -0.4 is 10.2 Å². The van der Waals surface area contributed by atoms with Crippen molar-refractivity contribution in [1.29, 1.82) is 0 Å². The monoisotopic (exact) mass is 357 g/mol. The second-order valence-electron chi connectivity index (χ2n) is 6.70. The van der Waals surface area contributed by atoms with Crippen LogP contribution in [0.2, 0.25) is 0 Å². The number of rotatable bonds is 4. The van der Waals surface area contributed by atoms with E-state index in [0.717, 1.165) is 54.4 Å². The van der Waals surface area contributed by atoms with Gasteiger partial charge in [-0.25, -0.2) is 0 Å². The fourth-order valence-corrected chi connectivity index (χ4v) is 4.27. The zero-order valence-electron chi connectivity index (χ0n) is 15.6. The molecule has 0 saturated carbocycles. The van der Waals surface area contributed by atoms with Crippen LogP contribution in [-0.2, 0) is 0 Å². The first-order valence-electron chi connectivity index (χ1n) is 8.94. The predicted molar refractivity (Wildman–Crippen MR) is 107 cm³/mol. The fourth-order valence-electron chi connectivity index (χ4n) is 3.35. The minimum Gasteiger partial charge on any atom is -0.369 e. The molecule has 0 spiro atoms. The van der Waals surface area contributed by atoms with Gasteiger partial charge in [0.25, 0.3) is 5.91 Å². The van der Waals surface area contributed by atoms with Crippen LogP contribution in [-0.4, -0.2) is 43.5 Å². The van der Waals surface area contributed by atoms with Crippen molar-refractivity contribution >= 4 is 28.6 Å². The largest absolute Gasteiger partial charge is 0.369 e. The van der Waals surface area contributed by atoms with Gasteiger partial charge in [0.2, 0.25) is 0 Å². The first kappa shape index (κ1) is 18.0. The van der Waals surface area contributed by atoms with Gasteiger partial charge in [0.15, 0.2) is 0 Å². The van der Waals surface area contributed by atoms with Crippen molar-refractivity contribution in [1.82, 2.24) is 4.90 Å². The molecule has 0 bridgehead atoms. The minimum absolute atomic E-state index is 0.0192. The highest BCUT2D eigenvalue weighted by Gasteiger charge is 2.17. The van der Waals surface area contributed by atoms with Gasteiger partial charge in [-0.15, -0.1) is 11.3 Å². The summed E-state index contributed by atoms with van der Waals surface area (Å²) in [6, 6.07) is 8.30. The summed E-state index contributed by atoms with van der Waals surface area (Å²) in [5, 5.41) is 3.07. The van der Waals surface area contributed by atoms with Crippen LogP contribution in [0.1, 0.15) is 32.6 Å². The van der Waals surface area contributed by atoms with Crippen molar-refractivity contribution in [3.8, 4) is 0 Å². The Labute approximate surface area is 154 Å². The number of carbonyl (C=O) groups is 1. The maximum atomic E-state index is 12.5. The normalized spacial score (nSPS) is 15.4. The summed E-state index contributed by atoms with van der Waals surface area (Å²) in [6.45, 7) is 13.8. The maximum absolute atomic E-state index is 12.5. The first-order chi connectivity index (χ1) is 12.0. The molecule has 2 aromatic rings. The number of nitrogens with zero attached hydrogens (tertiary/aromatic N) is 2. The summed E-state index contributed by atoms with van der Waals surface area (Å²) in [4.78, 5) is 19.7. The summed E-state index contributed by atoms with van der Waals surface area (Å²) in [5.74, 6) is -0.0192. The van der Waals surface area contributed by atoms with Crippen molar-refractivity contribution in [2.24, 2.45) is 0 Å². The molecule has 1 aliphatic heterocycles. The number of hydrogen-bond acceptors (Lipinski definition) is 4. The Morgan fingerprint density at radius 2 is 1.84 bits per heavy atom.